The predicted molar refractivity (Wildman–Crippen MR) is 112 cm³/mol. The number of benzene rings is 1. The van der Waals surface area contributed by atoms with Crippen molar-refractivity contribution < 1.29 is 13.9 Å². The summed E-state index contributed by atoms with van der Waals surface area (Å²) in [6.45, 7) is 4.54. The van der Waals surface area contributed by atoms with Crippen LogP contribution in [0, 0.1) is 6.92 Å². The van der Waals surface area contributed by atoms with Gasteiger partial charge in [0.05, 0.1) is 12.6 Å². The Balaban J connectivity index is 0.00000240. The van der Waals surface area contributed by atoms with Crippen molar-refractivity contribution in [1.82, 2.24) is 14.5 Å². The van der Waals surface area contributed by atoms with E-state index in [1.165, 1.54) is 0 Å². The Morgan fingerprint density at radius 1 is 1.31 bits per heavy atom. The van der Waals surface area contributed by atoms with Gasteiger partial charge in [0.25, 0.3) is 6.43 Å². The van der Waals surface area contributed by atoms with Crippen LogP contribution in [0.5, 0.6) is 0 Å². The topological polar surface area (TPSA) is 41.3 Å². The third-order valence-electron chi connectivity index (χ3n) is 5.86. The van der Waals surface area contributed by atoms with Gasteiger partial charge in [-0.05, 0) is 44.7 Å². The Bertz CT molecular complexity index is 998. The van der Waals surface area contributed by atoms with E-state index in [1.54, 1.807) is 37.3 Å². The van der Waals surface area contributed by atoms with E-state index in [1.807, 2.05) is 29.7 Å². The second-order valence-corrected chi connectivity index (χ2v) is 8.07. The van der Waals surface area contributed by atoms with Crippen LogP contribution in [0.25, 0.3) is 10.9 Å². The fourth-order valence-electron chi connectivity index (χ4n) is 4.26. The van der Waals surface area contributed by atoms with Crippen LogP contribution in [0.4, 0.5) is 8.78 Å². The highest BCUT2D eigenvalue weighted by Crippen LogP contribution is 2.36. The van der Waals surface area contributed by atoms with Gasteiger partial charge in [0.2, 0.25) is 0 Å². The van der Waals surface area contributed by atoms with Crippen LogP contribution in [0.2, 0.25) is 0 Å². The summed E-state index contributed by atoms with van der Waals surface area (Å²) < 4.78 is 29.2. The summed E-state index contributed by atoms with van der Waals surface area (Å²) >= 11 is 0. The molecule has 0 radical (unpaired) electrons. The molecule has 4 nitrogen and oxygen atoms in total. The molecule has 2 aromatic heterocycles. The second kappa shape index (κ2) is 7.84. The first-order valence-electron chi connectivity index (χ1n) is 9.50. The molecule has 6 heteroatoms. The van der Waals surface area contributed by atoms with Gasteiger partial charge in [0.15, 0.2) is 0 Å². The molecular formula is C23H29F2N3O. The van der Waals surface area contributed by atoms with E-state index in [2.05, 4.69) is 11.1 Å². The van der Waals surface area contributed by atoms with Crippen molar-refractivity contribution in [2.75, 3.05) is 7.05 Å². The Labute approximate surface area is 170 Å². The van der Waals surface area contributed by atoms with Crippen LogP contribution >= 0.6 is 0 Å². The Morgan fingerprint density at radius 3 is 2.72 bits per heavy atom. The average Bonchev–Trinajstić information content (AvgIpc) is 2.93. The zero-order valence-corrected chi connectivity index (χ0v) is 16.4. The molecule has 3 heterocycles. The molecule has 4 rings (SSSR count). The van der Waals surface area contributed by atoms with E-state index in [9.17, 15) is 13.9 Å². The van der Waals surface area contributed by atoms with Crippen LogP contribution in [-0.2, 0) is 25.1 Å². The van der Waals surface area contributed by atoms with Gasteiger partial charge in [-0.2, -0.15) is 0 Å². The van der Waals surface area contributed by atoms with E-state index in [4.69, 9.17) is 0 Å². The summed E-state index contributed by atoms with van der Waals surface area (Å²) in [5, 5.41) is 12.3. The average molecular weight is 402 g/mol. The molecule has 0 amide bonds. The van der Waals surface area contributed by atoms with Gasteiger partial charge in [0.1, 0.15) is 5.60 Å². The number of alkyl halides is 2. The Morgan fingerprint density at radius 2 is 2.07 bits per heavy atom. The summed E-state index contributed by atoms with van der Waals surface area (Å²) in [6.07, 6.45) is 1.17. The van der Waals surface area contributed by atoms with Crippen molar-refractivity contribution in [1.29, 1.82) is 0 Å². The predicted octanol–water partition coefficient (Wildman–Crippen LogP) is 4.51. The first kappa shape index (κ1) is 21.4. The first-order chi connectivity index (χ1) is 13.3. The molecular weight excluding hydrogens is 372 g/mol. The lowest BCUT2D eigenvalue weighted by atomic mass is 9.96. The smallest absolute Gasteiger partial charge is 0.254 e. The van der Waals surface area contributed by atoms with Crippen LogP contribution in [0.1, 0.15) is 36.7 Å². The van der Waals surface area contributed by atoms with Gasteiger partial charge in [0, 0.05) is 47.5 Å². The van der Waals surface area contributed by atoms with E-state index in [-0.39, 0.29) is 20.4 Å². The molecule has 1 aromatic carbocycles. The number of likely N-dealkylation sites (N-methyl/N-ethyl adjacent to an activating group) is 1. The lowest BCUT2D eigenvalue weighted by Gasteiger charge is -2.34. The molecule has 0 spiro atoms. The number of aromatic nitrogens is 2. The van der Waals surface area contributed by atoms with Gasteiger partial charge >= 0.3 is 0 Å². The van der Waals surface area contributed by atoms with Crippen molar-refractivity contribution in [3.63, 3.8) is 0 Å². The molecule has 1 aliphatic heterocycles. The summed E-state index contributed by atoms with van der Waals surface area (Å²) in [5.74, 6) is 0. The SMILES string of the molecule is C.Cc1ccc2c(c1)c1c(n2CC(C)(O)c2cccnc2)CC(C(F)F)N(C)C1. The molecule has 156 valence electrons. The molecule has 2 unspecified atom stereocenters. The van der Waals surface area contributed by atoms with Crippen LogP contribution in [0.3, 0.4) is 0 Å². The number of aliphatic hydroxyl groups is 1. The quantitative estimate of drug-likeness (QED) is 0.699. The first-order valence-corrected chi connectivity index (χ1v) is 9.50. The lowest BCUT2D eigenvalue weighted by Crippen LogP contribution is -2.43. The largest absolute Gasteiger partial charge is 0.384 e. The molecule has 29 heavy (non-hydrogen) atoms. The summed E-state index contributed by atoms with van der Waals surface area (Å²) in [5.41, 5.74) is 3.63. The zero-order valence-electron chi connectivity index (χ0n) is 16.4. The molecule has 0 saturated heterocycles. The highest BCUT2D eigenvalue weighted by Gasteiger charge is 2.35. The molecule has 0 bridgehead atoms. The number of halogens is 2. The lowest BCUT2D eigenvalue weighted by molar-refractivity contribution is 0.0228. The van der Waals surface area contributed by atoms with Crippen molar-refractivity contribution in [2.24, 2.45) is 0 Å². The second-order valence-electron chi connectivity index (χ2n) is 8.07. The molecule has 2 atom stereocenters. The molecule has 0 saturated carbocycles. The molecule has 1 aliphatic rings. The molecule has 0 fully saturated rings. The molecule has 0 aliphatic carbocycles. The van der Waals surface area contributed by atoms with E-state index >= 15 is 0 Å². The number of hydrogen-bond acceptors (Lipinski definition) is 3. The highest BCUT2D eigenvalue weighted by atomic mass is 19.3. The fourth-order valence-corrected chi connectivity index (χ4v) is 4.26. The van der Waals surface area contributed by atoms with E-state index in [0.29, 0.717) is 12.1 Å². The maximum atomic E-state index is 13.6. The summed E-state index contributed by atoms with van der Waals surface area (Å²) in [4.78, 5) is 5.85. The number of hydrogen-bond donors (Lipinski definition) is 1. The fraction of sp³-hybridized carbons (Fsp3) is 0.435. The van der Waals surface area contributed by atoms with E-state index in [0.717, 1.165) is 27.7 Å². The van der Waals surface area contributed by atoms with Gasteiger partial charge in [-0.25, -0.2) is 8.78 Å². The maximum Gasteiger partial charge on any atom is 0.254 e. The molecule has 1 N–H and O–H groups in total. The Hall–Kier alpha value is -2.31. The van der Waals surface area contributed by atoms with Crippen molar-refractivity contribution >= 4 is 10.9 Å². The zero-order chi connectivity index (χ0) is 20.1. The minimum absolute atomic E-state index is 0. The van der Waals surface area contributed by atoms with Crippen molar-refractivity contribution in [3.05, 3.63) is 65.1 Å². The maximum absolute atomic E-state index is 13.6. The van der Waals surface area contributed by atoms with Gasteiger partial charge in [-0.3, -0.25) is 9.88 Å². The number of aryl methyl sites for hydroxylation is 1. The number of pyridine rings is 1. The van der Waals surface area contributed by atoms with Crippen LogP contribution in [-0.4, -0.2) is 39.1 Å². The number of rotatable bonds is 4. The van der Waals surface area contributed by atoms with Crippen molar-refractivity contribution in [3.8, 4) is 0 Å². The van der Waals surface area contributed by atoms with Crippen molar-refractivity contribution in [2.45, 2.75) is 58.9 Å². The summed E-state index contributed by atoms with van der Waals surface area (Å²) in [7, 11) is 1.75. The van der Waals surface area contributed by atoms with Gasteiger partial charge in [-0.1, -0.05) is 25.1 Å². The van der Waals surface area contributed by atoms with E-state index < -0.39 is 18.1 Å². The van der Waals surface area contributed by atoms with Crippen LogP contribution in [0.15, 0.2) is 42.7 Å². The molecule has 3 aromatic rings. The van der Waals surface area contributed by atoms with Gasteiger partial charge < -0.3 is 9.67 Å². The summed E-state index contributed by atoms with van der Waals surface area (Å²) in [6, 6.07) is 8.97. The highest BCUT2D eigenvalue weighted by molar-refractivity contribution is 5.86. The number of nitrogens with zero attached hydrogens (tertiary/aromatic N) is 3. The normalized spacial score (nSPS) is 19.1. The standard InChI is InChI=1S/C22H25F2N3O.CH4/c1-14-6-7-18-16(9-14)17-12-26(3)20(21(23)24)10-19(17)27(18)13-22(2,28)15-5-4-8-25-11-15;/h4-9,11,20-21,28H,10,12-13H2,1-3H3;1H4. The van der Waals surface area contributed by atoms with Crippen LogP contribution < -0.4 is 0 Å². The third-order valence-corrected chi connectivity index (χ3v) is 5.86. The minimum atomic E-state index is -2.41. The number of fused-ring (bicyclic) bond motifs is 3. The Kier molecular flexibility index (Phi) is 5.79. The third kappa shape index (κ3) is 3.79. The minimum Gasteiger partial charge on any atom is -0.384 e. The van der Waals surface area contributed by atoms with Gasteiger partial charge in [-0.15, -0.1) is 0 Å². The monoisotopic (exact) mass is 401 g/mol.